The number of hydrogen-bond acceptors (Lipinski definition) is 1. The van der Waals surface area contributed by atoms with E-state index in [2.05, 4.69) is 73.4 Å². The van der Waals surface area contributed by atoms with E-state index in [1.54, 1.807) is 7.11 Å². The number of benzene rings is 3. The first kappa shape index (κ1) is 23.4. The zero-order chi connectivity index (χ0) is 22.9. The highest BCUT2D eigenvalue weighted by Gasteiger charge is 2.21. The third kappa shape index (κ3) is 6.64. The van der Waals surface area contributed by atoms with Gasteiger partial charge in [0.05, 0.1) is 7.11 Å². The van der Waals surface area contributed by atoms with Gasteiger partial charge in [0.1, 0.15) is 5.75 Å². The normalized spacial score (nSPS) is 18.0. The summed E-state index contributed by atoms with van der Waals surface area (Å²) in [5.74, 6) is 9.28. The smallest absolute Gasteiger partial charge is 0.119 e. The lowest BCUT2D eigenvalue weighted by Crippen LogP contribution is -2.13. The molecule has 0 atom stereocenters. The van der Waals surface area contributed by atoms with E-state index in [1.807, 2.05) is 6.07 Å². The zero-order valence-electron chi connectivity index (χ0n) is 20.4. The van der Waals surface area contributed by atoms with Crippen molar-refractivity contribution in [1.82, 2.24) is 0 Å². The fraction of sp³-hybridized carbons (Fsp3) is 0.438. The Labute approximate surface area is 200 Å². The van der Waals surface area contributed by atoms with E-state index < -0.39 is 0 Å². The van der Waals surface area contributed by atoms with Crippen molar-refractivity contribution < 1.29 is 4.74 Å². The molecule has 3 aromatic carbocycles. The maximum absolute atomic E-state index is 5.32. The molecule has 1 aliphatic rings. The molecule has 33 heavy (non-hydrogen) atoms. The second-order valence-electron chi connectivity index (χ2n) is 9.72. The Morgan fingerprint density at radius 2 is 1.39 bits per heavy atom. The molecule has 0 amide bonds. The van der Waals surface area contributed by atoms with Crippen LogP contribution in [0.4, 0.5) is 0 Å². The molecule has 4 rings (SSSR count). The van der Waals surface area contributed by atoms with E-state index in [0.29, 0.717) is 0 Å². The molecule has 0 saturated heterocycles. The molecule has 0 aromatic heterocycles. The van der Waals surface area contributed by atoms with Crippen molar-refractivity contribution >= 4 is 10.8 Å². The molecule has 172 valence electrons. The number of unbranched alkanes of at least 4 members (excludes halogenated alkanes) is 4. The summed E-state index contributed by atoms with van der Waals surface area (Å²) in [6.45, 7) is 2.29. The molecule has 0 bridgehead atoms. The lowest BCUT2D eigenvalue weighted by atomic mass is 9.77. The van der Waals surface area contributed by atoms with Crippen LogP contribution in [0.15, 0.2) is 60.7 Å². The number of ether oxygens (including phenoxy) is 1. The first-order valence-electron chi connectivity index (χ1n) is 12.9. The van der Waals surface area contributed by atoms with Crippen LogP contribution in [0.5, 0.6) is 5.75 Å². The summed E-state index contributed by atoms with van der Waals surface area (Å²) in [6, 6.07) is 21.5. The maximum atomic E-state index is 5.32. The Balaban J connectivity index is 1.30. The minimum atomic E-state index is 0.737. The molecule has 3 aromatic rings. The van der Waals surface area contributed by atoms with Gasteiger partial charge in [-0.25, -0.2) is 0 Å². The van der Waals surface area contributed by atoms with Gasteiger partial charge >= 0.3 is 0 Å². The Morgan fingerprint density at radius 3 is 2.15 bits per heavy atom. The van der Waals surface area contributed by atoms with Gasteiger partial charge in [-0.3, -0.25) is 0 Å². The van der Waals surface area contributed by atoms with Gasteiger partial charge in [0.2, 0.25) is 0 Å². The maximum Gasteiger partial charge on any atom is 0.119 e. The molecule has 0 unspecified atom stereocenters. The highest BCUT2D eigenvalue weighted by atomic mass is 16.5. The molecule has 0 aliphatic heterocycles. The summed E-state index contributed by atoms with van der Waals surface area (Å²) in [7, 11) is 1.70. The molecule has 1 aliphatic carbocycles. The van der Waals surface area contributed by atoms with Gasteiger partial charge in [-0.2, -0.15) is 0 Å². The quantitative estimate of drug-likeness (QED) is 0.252. The third-order valence-electron chi connectivity index (χ3n) is 7.34. The van der Waals surface area contributed by atoms with Crippen LogP contribution < -0.4 is 4.74 Å². The van der Waals surface area contributed by atoms with E-state index in [9.17, 15) is 0 Å². The van der Waals surface area contributed by atoms with Gasteiger partial charge < -0.3 is 4.74 Å². The highest BCUT2D eigenvalue weighted by molar-refractivity contribution is 5.85. The molecule has 0 spiro atoms. The minimum absolute atomic E-state index is 0.737. The van der Waals surface area contributed by atoms with Crippen LogP contribution in [0.2, 0.25) is 0 Å². The largest absolute Gasteiger partial charge is 0.497 e. The van der Waals surface area contributed by atoms with Crippen molar-refractivity contribution in [2.24, 2.45) is 5.92 Å². The van der Waals surface area contributed by atoms with Crippen LogP contribution in [-0.4, -0.2) is 7.11 Å². The van der Waals surface area contributed by atoms with E-state index in [-0.39, 0.29) is 0 Å². The van der Waals surface area contributed by atoms with Crippen molar-refractivity contribution in [1.29, 1.82) is 0 Å². The van der Waals surface area contributed by atoms with E-state index in [4.69, 9.17) is 4.74 Å². The average molecular weight is 439 g/mol. The van der Waals surface area contributed by atoms with Crippen LogP contribution in [0.3, 0.4) is 0 Å². The summed E-state index contributed by atoms with van der Waals surface area (Å²) in [5.41, 5.74) is 3.64. The van der Waals surface area contributed by atoms with Crippen LogP contribution in [0.25, 0.3) is 10.8 Å². The van der Waals surface area contributed by atoms with Gasteiger partial charge in [-0.15, -0.1) is 0 Å². The second-order valence-corrected chi connectivity index (χ2v) is 9.72. The first-order valence-corrected chi connectivity index (χ1v) is 12.9. The Bertz CT molecular complexity index is 1070. The average Bonchev–Trinajstić information content (AvgIpc) is 2.87. The van der Waals surface area contributed by atoms with Crippen molar-refractivity contribution in [3.63, 3.8) is 0 Å². The second kappa shape index (κ2) is 11.9. The zero-order valence-corrected chi connectivity index (χ0v) is 20.4. The number of rotatable bonds is 8. The van der Waals surface area contributed by atoms with Crippen LogP contribution in [0, 0.1) is 17.8 Å². The topological polar surface area (TPSA) is 9.23 Å². The molecule has 1 fully saturated rings. The SMILES string of the molecule is CCCCCCC[C@H]1CC[C@H](c2ccc(C#Cc3ccc4cc(OC)ccc4c3)cc2)CC1. The summed E-state index contributed by atoms with van der Waals surface area (Å²) in [5, 5.41) is 2.37. The molecule has 1 saturated carbocycles. The molecular weight excluding hydrogens is 400 g/mol. The summed E-state index contributed by atoms with van der Waals surface area (Å²) in [4.78, 5) is 0. The predicted molar refractivity (Wildman–Crippen MR) is 141 cm³/mol. The lowest BCUT2D eigenvalue weighted by Gasteiger charge is -2.29. The van der Waals surface area contributed by atoms with Crippen molar-refractivity contribution in [3.8, 4) is 17.6 Å². The van der Waals surface area contributed by atoms with E-state index in [1.165, 1.54) is 80.5 Å². The molecule has 0 radical (unpaired) electrons. The van der Waals surface area contributed by atoms with Crippen molar-refractivity contribution in [3.05, 3.63) is 77.4 Å². The van der Waals surface area contributed by atoms with Gasteiger partial charge in [0, 0.05) is 11.1 Å². The summed E-state index contributed by atoms with van der Waals surface area (Å²) >= 11 is 0. The van der Waals surface area contributed by atoms with Gasteiger partial charge in [-0.1, -0.05) is 81.6 Å². The fourth-order valence-corrected chi connectivity index (χ4v) is 5.23. The van der Waals surface area contributed by atoms with E-state index >= 15 is 0 Å². The van der Waals surface area contributed by atoms with Crippen LogP contribution >= 0.6 is 0 Å². The van der Waals surface area contributed by atoms with Gasteiger partial charge in [-0.05, 0) is 90.3 Å². The molecule has 0 N–H and O–H groups in total. The van der Waals surface area contributed by atoms with E-state index in [0.717, 1.165) is 28.7 Å². The Kier molecular flexibility index (Phi) is 8.48. The van der Waals surface area contributed by atoms with Crippen LogP contribution in [-0.2, 0) is 0 Å². The monoisotopic (exact) mass is 438 g/mol. The number of fused-ring (bicyclic) bond motifs is 1. The summed E-state index contributed by atoms with van der Waals surface area (Å²) in [6.07, 6.45) is 14.0. The molecular formula is C32H38O. The van der Waals surface area contributed by atoms with Gasteiger partial charge in [0.25, 0.3) is 0 Å². The molecule has 0 heterocycles. The van der Waals surface area contributed by atoms with Crippen molar-refractivity contribution in [2.45, 2.75) is 77.0 Å². The summed E-state index contributed by atoms with van der Waals surface area (Å²) < 4.78 is 5.32. The Morgan fingerprint density at radius 1 is 0.727 bits per heavy atom. The highest BCUT2D eigenvalue weighted by Crippen LogP contribution is 2.37. The van der Waals surface area contributed by atoms with Gasteiger partial charge in [0.15, 0.2) is 0 Å². The minimum Gasteiger partial charge on any atom is -0.497 e. The fourth-order valence-electron chi connectivity index (χ4n) is 5.23. The molecule has 1 nitrogen and oxygen atoms in total. The predicted octanol–water partition coefficient (Wildman–Crippen LogP) is 8.88. The number of methoxy groups -OCH3 is 1. The Hall–Kier alpha value is -2.72. The number of hydrogen-bond donors (Lipinski definition) is 0. The van der Waals surface area contributed by atoms with Crippen LogP contribution in [0.1, 0.15) is 93.7 Å². The standard InChI is InChI=1S/C32H38O/c1-3-4-5-6-7-8-25-11-16-28(17-12-25)29-18-13-26(14-19-29)9-10-27-15-20-31-24-32(33-2)22-21-30(31)23-27/h13-15,18-25,28H,3-8,11-12,16-17H2,1-2H3/t25-,28-. The lowest BCUT2D eigenvalue weighted by molar-refractivity contribution is 0.302. The first-order chi connectivity index (χ1) is 16.2. The third-order valence-corrected chi connectivity index (χ3v) is 7.34. The molecule has 1 heteroatoms. The van der Waals surface area contributed by atoms with Crippen molar-refractivity contribution in [2.75, 3.05) is 7.11 Å².